The molecule has 1 aliphatic rings. The zero-order valence-electron chi connectivity index (χ0n) is 10.3. The van der Waals surface area contributed by atoms with Gasteiger partial charge in [-0.3, -0.25) is 0 Å². The predicted octanol–water partition coefficient (Wildman–Crippen LogP) is 4.78. The monoisotopic (exact) mass is 356 g/mol. The maximum absolute atomic E-state index is 12.7. The number of hydrogen-bond acceptors (Lipinski definition) is 2. The van der Waals surface area contributed by atoms with Gasteiger partial charge in [-0.2, -0.15) is 13.2 Å². The molecule has 3 atom stereocenters. The van der Waals surface area contributed by atoms with E-state index in [4.69, 9.17) is 0 Å². The van der Waals surface area contributed by atoms with Gasteiger partial charge >= 0.3 is 6.18 Å². The Morgan fingerprint density at radius 3 is 2.68 bits per heavy atom. The van der Waals surface area contributed by atoms with Gasteiger partial charge in [-0.15, -0.1) is 11.3 Å². The van der Waals surface area contributed by atoms with Crippen LogP contribution < -0.4 is 0 Å². The Labute approximate surface area is 123 Å². The van der Waals surface area contributed by atoms with Gasteiger partial charge < -0.3 is 5.11 Å². The lowest BCUT2D eigenvalue weighted by Crippen LogP contribution is -2.34. The highest BCUT2D eigenvalue weighted by Gasteiger charge is 2.43. The molecule has 1 saturated carbocycles. The lowest BCUT2D eigenvalue weighted by Gasteiger charge is -2.33. The van der Waals surface area contributed by atoms with E-state index in [2.05, 4.69) is 15.9 Å². The van der Waals surface area contributed by atoms with Gasteiger partial charge in [0.15, 0.2) is 0 Å². The molecule has 2 rings (SSSR count). The first-order valence-electron chi connectivity index (χ1n) is 6.35. The fourth-order valence-corrected chi connectivity index (χ4v) is 4.24. The summed E-state index contributed by atoms with van der Waals surface area (Å²) in [5.41, 5.74) is 0. The lowest BCUT2D eigenvalue weighted by molar-refractivity contribution is -0.188. The van der Waals surface area contributed by atoms with Crippen LogP contribution in [0.4, 0.5) is 13.2 Å². The summed E-state index contributed by atoms with van der Waals surface area (Å²) >= 11 is 4.86. The van der Waals surface area contributed by atoms with Crippen molar-refractivity contribution in [2.24, 2.45) is 11.8 Å². The normalized spacial score (nSPS) is 26.4. The summed E-state index contributed by atoms with van der Waals surface area (Å²) in [6, 6.07) is 3.80. The highest BCUT2D eigenvalue weighted by Crippen LogP contribution is 2.41. The van der Waals surface area contributed by atoms with Crippen molar-refractivity contribution in [3.8, 4) is 0 Å². The summed E-state index contributed by atoms with van der Waals surface area (Å²) in [5, 5.41) is 10.1. The van der Waals surface area contributed by atoms with Crippen LogP contribution in [0.2, 0.25) is 0 Å². The minimum Gasteiger partial charge on any atom is -0.392 e. The second-order valence-electron chi connectivity index (χ2n) is 5.14. The second-order valence-corrected chi connectivity index (χ2v) is 7.69. The summed E-state index contributed by atoms with van der Waals surface area (Å²) < 4.78 is 39.1. The minimum absolute atomic E-state index is 0.0667. The quantitative estimate of drug-likeness (QED) is 0.825. The number of aliphatic hydroxyl groups is 1. The van der Waals surface area contributed by atoms with E-state index in [1.807, 2.05) is 12.1 Å². The number of halogens is 4. The Kier molecular flexibility index (Phi) is 4.95. The molecule has 1 nitrogen and oxygen atoms in total. The van der Waals surface area contributed by atoms with Crippen molar-refractivity contribution in [1.82, 2.24) is 0 Å². The highest BCUT2D eigenvalue weighted by atomic mass is 79.9. The molecule has 1 heterocycles. The van der Waals surface area contributed by atoms with Gasteiger partial charge in [-0.1, -0.05) is 6.42 Å². The maximum Gasteiger partial charge on any atom is 0.391 e. The standard InChI is InChI=1S/C13H16BrF3OS/c14-12-5-4-10(19-12)7-11(18)8-2-1-3-9(6-8)13(15,16)17/h4-5,8-9,11,18H,1-3,6-7H2. The number of hydrogen-bond donors (Lipinski definition) is 1. The largest absolute Gasteiger partial charge is 0.392 e. The average Bonchev–Trinajstić information content (AvgIpc) is 2.74. The van der Waals surface area contributed by atoms with Crippen LogP contribution in [0.1, 0.15) is 30.6 Å². The van der Waals surface area contributed by atoms with Crippen molar-refractivity contribution in [3.63, 3.8) is 0 Å². The van der Waals surface area contributed by atoms with Crippen molar-refractivity contribution in [1.29, 1.82) is 0 Å². The third kappa shape index (κ3) is 4.20. The molecule has 0 saturated heterocycles. The summed E-state index contributed by atoms with van der Waals surface area (Å²) in [6.07, 6.45) is -2.82. The summed E-state index contributed by atoms with van der Waals surface area (Å²) in [7, 11) is 0. The van der Waals surface area contributed by atoms with Gasteiger partial charge in [-0.25, -0.2) is 0 Å². The van der Waals surface area contributed by atoms with Crippen LogP contribution in [0.3, 0.4) is 0 Å². The molecule has 1 aromatic rings. The first-order chi connectivity index (χ1) is 8.86. The summed E-state index contributed by atoms with van der Waals surface area (Å²) in [6.45, 7) is 0. The first kappa shape index (κ1) is 15.3. The average molecular weight is 357 g/mol. The lowest BCUT2D eigenvalue weighted by atomic mass is 9.77. The van der Waals surface area contributed by atoms with E-state index in [-0.39, 0.29) is 18.8 Å². The first-order valence-corrected chi connectivity index (χ1v) is 7.96. The van der Waals surface area contributed by atoms with Gasteiger partial charge in [0.05, 0.1) is 15.8 Å². The molecule has 0 aromatic carbocycles. The van der Waals surface area contributed by atoms with E-state index in [9.17, 15) is 18.3 Å². The Bertz CT molecular complexity index is 418. The Balaban J connectivity index is 1.93. The van der Waals surface area contributed by atoms with Crippen LogP contribution in [-0.4, -0.2) is 17.4 Å². The van der Waals surface area contributed by atoms with Crippen LogP contribution in [0.5, 0.6) is 0 Å². The van der Waals surface area contributed by atoms with Gasteiger partial charge in [-0.05, 0) is 53.2 Å². The van der Waals surface area contributed by atoms with E-state index in [0.717, 1.165) is 8.66 Å². The Morgan fingerprint density at radius 2 is 2.11 bits per heavy atom. The molecule has 3 unspecified atom stereocenters. The van der Waals surface area contributed by atoms with Crippen molar-refractivity contribution in [2.75, 3.05) is 0 Å². The molecule has 1 N–H and O–H groups in total. The van der Waals surface area contributed by atoms with Crippen LogP contribution in [0.25, 0.3) is 0 Å². The van der Waals surface area contributed by atoms with Gasteiger partial charge in [0, 0.05) is 11.3 Å². The number of thiophene rings is 1. The minimum atomic E-state index is -4.12. The molecule has 19 heavy (non-hydrogen) atoms. The molecule has 1 aromatic heterocycles. The molecular weight excluding hydrogens is 341 g/mol. The predicted molar refractivity (Wildman–Crippen MR) is 73.2 cm³/mol. The second kappa shape index (κ2) is 6.14. The molecule has 1 fully saturated rings. The fraction of sp³-hybridized carbons (Fsp3) is 0.692. The fourth-order valence-electron chi connectivity index (χ4n) is 2.71. The van der Waals surface area contributed by atoms with Crippen LogP contribution in [0, 0.1) is 11.8 Å². The van der Waals surface area contributed by atoms with Crippen LogP contribution >= 0.6 is 27.3 Å². The van der Waals surface area contributed by atoms with Gasteiger partial charge in [0.2, 0.25) is 0 Å². The molecule has 0 bridgehead atoms. The molecule has 1 aliphatic carbocycles. The highest BCUT2D eigenvalue weighted by molar-refractivity contribution is 9.11. The molecule has 108 valence electrons. The molecule has 0 radical (unpaired) electrons. The zero-order valence-corrected chi connectivity index (χ0v) is 12.7. The maximum atomic E-state index is 12.7. The number of alkyl halides is 3. The Morgan fingerprint density at radius 1 is 1.37 bits per heavy atom. The van der Waals surface area contributed by atoms with Crippen LogP contribution in [0.15, 0.2) is 15.9 Å². The van der Waals surface area contributed by atoms with E-state index < -0.39 is 18.2 Å². The van der Waals surface area contributed by atoms with E-state index >= 15 is 0 Å². The molecule has 0 aliphatic heterocycles. The molecule has 6 heteroatoms. The number of aliphatic hydroxyl groups excluding tert-OH is 1. The SMILES string of the molecule is OC(Cc1ccc(Br)s1)C1CCCC(C(F)(F)F)C1. The Hall–Kier alpha value is -0.0700. The van der Waals surface area contributed by atoms with Gasteiger partial charge in [0.1, 0.15) is 0 Å². The number of rotatable bonds is 3. The van der Waals surface area contributed by atoms with Crippen molar-refractivity contribution in [2.45, 2.75) is 44.4 Å². The van der Waals surface area contributed by atoms with Crippen molar-refractivity contribution >= 4 is 27.3 Å². The van der Waals surface area contributed by atoms with Gasteiger partial charge in [0.25, 0.3) is 0 Å². The van der Waals surface area contributed by atoms with Crippen molar-refractivity contribution < 1.29 is 18.3 Å². The van der Waals surface area contributed by atoms with Crippen molar-refractivity contribution in [3.05, 3.63) is 20.8 Å². The molecule has 0 spiro atoms. The molecule has 0 amide bonds. The third-order valence-electron chi connectivity index (χ3n) is 3.76. The zero-order chi connectivity index (χ0) is 14.0. The summed E-state index contributed by atoms with van der Waals surface area (Å²) in [5.74, 6) is -1.47. The van der Waals surface area contributed by atoms with E-state index in [1.165, 1.54) is 11.3 Å². The molecular formula is C13H16BrF3OS. The van der Waals surface area contributed by atoms with Crippen LogP contribution in [-0.2, 0) is 6.42 Å². The third-order valence-corrected chi connectivity index (χ3v) is 5.41. The van der Waals surface area contributed by atoms with E-state index in [0.29, 0.717) is 19.3 Å². The topological polar surface area (TPSA) is 20.2 Å². The van der Waals surface area contributed by atoms with E-state index in [1.54, 1.807) is 0 Å². The smallest absolute Gasteiger partial charge is 0.391 e. The summed E-state index contributed by atoms with van der Waals surface area (Å²) in [4.78, 5) is 1.01.